The Morgan fingerprint density at radius 3 is 2.76 bits per heavy atom. The Labute approximate surface area is 173 Å². The van der Waals surface area contributed by atoms with E-state index in [0.29, 0.717) is 29.3 Å². The fourth-order valence-electron chi connectivity index (χ4n) is 3.32. The molecule has 29 heavy (non-hydrogen) atoms. The van der Waals surface area contributed by atoms with E-state index >= 15 is 0 Å². The second-order valence-electron chi connectivity index (χ2n) is 6.83. The van der Waals surface area contributed by atoms with Crippen LogP contribution in [0.2, 0.25) is 0 Å². The summed E-state index contributed by atoms with van der Waals surface area (Å²) in [4.78, 5) is 12.5. The van der Waals surface area contributed by atoms with E-state index in [1.165, 1.54) is 15.6 Å². The van der Waals surface area contributed by atoms with Crippen molar-refractivity contribution in [2.24, 2.45) is 5.92 Å². The van der Waals surface area contributed by atoms with E-state index in [2.05, 4.69) is 5.10 Å². The van der Waals surface area contributed by atoms with Crippen LogP contribution in [0.5, 0.6) is 0 Å². The van der Waals surface area contributed by atoms with Gasteiger partial charge in [0.25, 0.3) is 10.0 Å². The van der Waals surface area contributed by atoms with Crippen molar-refractivity contribution < 1.29 is 17.9 Å². The van der Waals surface area contributed by atoms with E-state index in [4.69, 9.17) is 4.74 Å². The number of ether oxygens (including phenoxy) is 1. The van der Waals surface area contributed by atoms with E-state index in [-0.39, 0.29) is 19.1 Å². The fraction of sp³-hybridized carbons (Fsp3) is 0.300. The lowest BCUT2D eigenvalue weighted by Gasteiger charge is -2.30. The van der Waals surface area contributed by atoms with Crippen LogP contribution in [0, 0.1) is 5.92 Å². The summed E-state index contributed by atoms with van der Waals surface area (Å²) in [5.41, 5.74) is 1.56. The highest BCUT2D eigenvalue weighted by molar-refractivity contribution is 7.91. The minimum Gasteiger partial charge on any atom is -0.459 e. The molecular formula is C20H21N3O4S2. The molecule has 2 aromatic heterocycles. The third kappa shape index (κ3) is 4.42. The van der Waals surface area contributed by atoms with Gasteiger partial charge in [-0.3, -0.25) is 4.79 Å². The van der Waals surface area contributed by atoms with Crippen LogP contribution < -0.4 is 0 Å². The molecule has 1 unspecified atom stereocenters. The third-order valence-corrected chi connectivity index (χ3v) is 8.07. The number of rotatable bonds is 6. The molecule has 0 spiro atoms. The molecule has 0 aliphatic carbocycles. The zero-order valence-electron chi connectivity index (χ0n) is 15.7. The largest absolute Gasteiger partial charge is 0.459 e. The minimum atomic E-state index is -3.55. The number of esters is 1. The Balaban J connectivity index is 1.36. The van der Waals surface area contributed by atoms with Gasteiger partial charge in [-0.1, -0.05) is 24.3 Å². The van der Waals surface area contributed by atoms with Crippen LogP contribution in [0.15, 0.2) is 64.3 Å². The first kappa shape index (κ1) is 19.8. The minimum absolute atomic E-state index is 0.0623. The number of thiophene rings is 1. The van der Waals surface area contributed by atoms with E-state index in [0.717, 1.165) is 5.69 Å². The molecule has 7 nitrogen and oxygen atoms in total. The van der Waals surface area contributed by atoms with Gasteiger partial charge in [-0.2, -0.15) is 9.40 Å². The number of nitrogens with zero attached hydrogens (tertiary/aromatic N) is 3. The summed E-state index contributed by atoms with van der Waals surface area (Å²) in [5.74, 6) is -0.847. The van der Waals surface area contributed by atoms with Gasteiger partial charge in [-0.25, -0.2) is 13.1 Å². The Bertz CT molecular complexity index is 1060. The monoisotopic (exact) mass is 431 g/mol. The number of piperidine rings is 1. The van der Waals surface area contributed by atoms with Crippen LogP contribution in [0.4, 0.5) is 0 Å². The van der Waals surface area contributed by atoms with Gasteiger partial charge >= 0.3 is 5.97 Å². The fourth-order valence-corrected chi connectivity index (χ4v) is 5.99. The predicted molar refractivity (Wildman–Crippen MR) is 109 cm³/mol. The summed E-state index contributed by atoms with van der Waals surface area (Å²) in [6, 6.07) is 14.8. The molecule has 3 aromatic rings. The zero-order valence-corrected chi connectivity index (χ0v) is 17.3. The van der Waals surface area contributed by atoms with Crippen LogP contribution in [-0.4, -0.2) is 41.6 Å². The number of para-hydroxylation sites is 1. The van der Waals surface area contributed by atoms with Crippen molar-refractivity contribution >= 4 is 27.3 Å². The Hall–Kier alpha value is -2.49. The second kappa shape index (κ2) is 8.48. The maximum atomic E-state index is 12.7. The number of benzene rings is 1. The molecule has 1 aliphatic rings. The highest BCUT2D eigenvalue weighted by Gasteiger charge is 2.34. The molecule has 152 valence electrons. The number of sulfonamides is 1. The summed E-state index contributed by atoms with van der Waals surface area (Å²) in [6.07, 6.45) is 3.06. The number of hydrogen-bond acceptors (Lipinski definition) is 6. The van der Waals surface area contributed by atoms with Crippen molar-refractivity contribution in [1.29, 1.82) is 0 Å². The molecule has 0 amide bonds. The normalized spacial score (nSPS) is 17.9. The SMILES string of the molecule is O=C(OCc1ccn(-c2ccccc2)n1)C1CCCN(S(=O)(=O)c2cccs2)C1. The summed E-state index contributed by atoms with van der Waals surface area (Å²) < 4.78 is 34.3. The average Bonchev–Trinajstić information content (AvgIpc) is 3.45. The Morgan fingerprint density at radius 1 is 1.17 bits per heavy atom. The van der Waals surface area contributed by atoms with Crippen molar-refractivity contribution in [3.05, 3.63) is 65.8 Å². The van der Waals surface area contributed by atoms with Crippen molar-refractivity contribution in [3.8, 4) is 5.69 Å². The van der Waals surface area contributed by atoms with Crippen LogP contribution in [0.3, 0.4) is 0 Å². The number of carbonyl (C=O) groups excluding carboxylic acids is 1. The molecule has 3 heterocycles. The quantitative estimate of drug-likeness (QED) is 0.560. The molecule has 1 atom stereocenters. The number of hydrogen-bond donors (Lipinski definition) is 0. The van der Waals surface area contributed by atoms with Crippen molar-refractivity contribution in [3.63, 3.8) is 0 Å². The van der Waals surface area contributed by atoms with Crippen LogP contribution in [-0.2, 0) is 26.2 Å². The van der Waals surface area contributed by atoms with Crippen molar-refractivity contribution in [2.45, 2.75) is 23.7 Å². The summed E-state index contributed by atoms with van der Waals surface area (Å²) in [6.45, 7) is 0.635. The summed E-state index contributed by atoms with van der Waals surface area (Å²) in [7, 11) is -3.55. The Morgan fingerprint density at radius 2 is 2.00 bits per heavy atom. The summed E-state index contributed by atoms with van der Waals surface area (Å²) >= 11 is 1.18. The molecule has 1 aliphatic heterocycles. The molecule has 0 N–H and O–H groups in total. The standard InChI is InChI=1S/C20H21N3O4S2/c24-20(27-15-17-10-12-23(21-17)18-7-2-1-3-8-18)16-6-4-11-22(14-16)29(25,26)19-9-5-13-28-19/h1-3,5,7-10,12-13,16H,4,6,11,14-15H2. The van der Waals surface area contributed by atoms with Crippen molar-refractivity contribution in [1.82, 2.24) is 14.1 Å². The molecule has 4 rings (SSSR count). The lowest BCUT2D eigenvalue weighted by Crippen LogP contribution is -2.42. The van der Waals surface area contributed by atoms with Gasteiger partial charge < -0.3 is 4.74 Å². The second-order valence-corrected chi connectivity index (χ2v) is 9.94. The van der Waals surface area contributed by atoms with Crippen molar-refractivity contribution in [2.75, 3.05) is 13.1 Å². The molecule has 0 radical (unpaired) electrons. The van der Waals surface area contributed by atoms with Gasteiger partial charge in [0.2, 0.25) is 0 Å². The lowest BCUT2D eigenvalue weighted by atomic mass is 10.00. The summed E-state index contributed by atoms with van der Waals surface area (Å²) in [5, 5.41) is 6.15. The zero-order chi connectivity index (χ0) is 20.3. The smallest absolute Gasteiger partial charge is 0.310 e. The highest BCUT2D eigenvalue weighted by atomic mass is 32.2. The molecule has 1 saturated heterocycles. The van der Waals surface area contributed by atoms with Gasteiger partial charge in [-0.15, -0.1) is 11.3 Å². The first-order chi connectivity index (χ1) is 14.0. The van der Waals surface area contributed by atoms with Crippen LogP contribution in [0.25, 0.3) is 5.69 Å². The van der Waals surface area contributed by atoms with E-state index in [9.17, 15) is 13.2 Å². The Kier molecular flexibility index (Phi) is 5.79. The average molecular weight is 432 g/mol. The lowest BCUT2D eigenvalue weighted by molar-refractivity contribution is -0.151. The maximum absolute atomic E-state index is 12.7. The predicted octanol–water partition coefficient (Wildman–Crippen LogP) is 3.08. The maximum Gasteiger partial charge on any atom is 0.310 e. The first-order valence-electron chi connectivity index (χ1n) is 9.34. The van der Waals surface area contributed by atoms with Gasteiger partial charge in [0.15, 0.2) is 0 Å². The van der Waals surface area contributed by atoms with Crippen LogP contribution in [0.1, 0.15) is 18.5 Å². The molecule has 1 fully saturated rings. The van der Waals surface area contributed by atoms with Gasteiger partial charge in [-0.05, 0) is 42.5 Å². The van der Waals surface area contributed by atoms with Crippen LogP contribution >= 0.6 is 11.3 Å². The molecule has 1 aromatic carbocycles. The topological polar surface area (TPSA) is 81.5 Å². The number of aromatic nitrogens is 2. The molecule has 0 saturated carbocycles. The van der Waals surface area contributed by atoms with E-state index in [1.54, 1.807) is 28.3 Å². The molecule has 0 bridgehead atoms. The van der Waals surface area contributed by atoms with E-state index < -0.39 is 15.9 Å². The van der Waals surface area contributed by atoms with Gasteiger partial charge in [0.05, 0.1) is 11.6 Å². The third-order valence-electron chi connectivity index (χ3n) is 4.83. The van der Waals surface area contributed by atoms with Gasteiger partial charge in [0, 0.05) is 19.3 Å². The highest BCUT2D eigenvalue weighted by Crippen LogP contribution is 2.27. The number of carbonyl (C=O) groups is 1. The van der Waals surface area contributed by atoms with Gasteiger partial charge in [0.1, 0.15) is 16.5 Å². The first-order valence-corrected chi connectivity index (χ1v) is 11.7. The van der Waals surface area contributed by atoms with E-state index in [1.807, 2.05) is 36.5 Å². The molecule has 9 heteroatoms. The molecular weight excluding hydrogens is 410 g/mol.